The fourth-order valence-corrected chi connectivity index (χ4v) is 2.88. The van der Waals surface area contributed by atoms with E-state index in [1.165, 1.54) is 6.42 Å². The van der Waals surface area contributed by atoms with Crippen LogP contribution in [0.1, 0.15) is 37.4 Å². The fraction of sp³-hybridized carbons (Fsp3) is 0.750. The van der Waals surface area contributed by atoms with E-state index in [0.717, 1.165) is 30.0 Å². The van der Waals surface area contributed by atoms with Crippen molar-refractivity contribution >= 4 is 11.6 Å². The quantitative estimate of drug-likeness (QED) is 0.880. The van der Waals surface area contributed by atoms with Crippen LogP contribution >= 0.6 is 11.6 Å². The molecular weight excluding hydrogens is 238 g/mol. The first kappa shape index (κ1) is 12.9. The SMILES string of the molecule is CNC(CC1(OC)CCC1)c1c(Cl)cnn1C. The summed E-state index contributed by atoms with van der Waals surface area (Å²) in [5.41, 5.74) is 1.07. The summed E-state index contributed by atoms with van der Waals surface area (Å²) >= 11 is 6.19. The van der Waals surface area contributed by atoms with Crippen LogP contribution in [-0.2, 0) is 11.8 Å². The lowest BCUT2D eigenvalue weighted by Gasteiger charge is -2.42. The number of methoxy groups -OCH3 is 1. The summed E-state index contributed by atoms with van der Waals surface area (Å²) in [6.07, 6.45) is 6.17. The van der Waals surface area contributed by atoms with E-state index in [2.05, 4.69) is 10.4 Å². The minimum atomic E-state index is 0.0290. The molecule has 4 nitrogen and oxygen atoms in total. The molecule has 0 aromatic carbocycles. The first-order valence-corrected chi connectivity index (χ1v) is 6.39. The minimum Gasteiger partial charge on any atom is -0.378 e. The molecule has 0 bridgehead atoms. The van der Waals surface area contributed by atoms with Gasteiger partial charge in [0.1, 0.15) is 0 Å². The van der Waals surface area contributed by atoms with Crippen molar-refractivity contribution in [3.8, 4) is 0 Å². The molecule has 1 aliphatic carbocycles. The second-order valence-electron chi connectivity index (χ2n) is 4.79. The normalized spacial score (nSPS) is 20.0. The van der Waals surface area contributed by atoms with Crippen molar-refractivity contribution in [1.29, 1.82) is 0 Å². The molecule has 17 heavy (non-hydrogen) atoms. The van der Waals surface area contributed by atoms with Crippen LogP contribution in [0.25, 0.3) is 0 Å². The maximum absolute atomic E-state index is 6.19. The van der Waals surface area contributed by atoms with E-state index < -0.39 is 0 Å². The number of hydrogen-bond donors (Lipinski definition) is 1. The molecule has 1 heterocycles. The predicted octanol–water partition coefficient (Wildman–Crippen LogP) is 2.29. The maximum atomic E-state index is 6.19. The highest BCUT2D eigenvalue weighted by Gasteiger charge is 2.40. The second-order valence-corrected chi connectivity index (χ2v) is 5.19. The molecule has 0 amide bonds. The summed E-state index contributed by atoms with van der Waals surface area (Å²) in [6, 6.07) is 0.190. The number of rotatable bonds is 5. The lowest BCUT2D eigenvalue weighted by atomic mass is 9.75. The monoisotopic (exact) mass is 257 g/mol. The van der Waals surface area contributed by atoms with Gasteiger partial charge in [0.25, 0.3) is 0 Å². The Balaban J connectivity index is 2.17. The third-order valence-corrected chi connectivity index (χ3v) is 4.18. The van der Waals surface area contributed by atoms with Gasteiger partial charge in [-0.05, 0) is 32.7 Å². The number of nitrogens with zero attached hydrogens (tertiary/aromatic N) is 2. The third kappa shape index (κ3) is 2.34. The zero-order valence-electron chi connectivity index (χ0n) is 10.7. The molecular formula is C12H20ClN3O. The zero-order chi connectivity index (χ0) is 12.5. The molecule has 2 rings (SSSR count). The summed E-state index contributed by atoms with van der Waals surface area (Å²) in [5, 5.41) is 8.23. The molecule has 0 saturated heterocycles. The molecule has 0 aliphatic heterocycles. The van der Waals surface area contributed by atoms with E-state index >= 15 is 0 Å². The number of aryl methyl sites for hydroxylation is 1. The van der Waals surface area contributed by atoms with Crippen LogP contribution in [0.15, 0.2) is 6.20 Å². The highest BCUT2D eigenvalue weighted by molar-refractivity contribution is 6.31. The highest BCUT2D eigenvalue weighted by atomic mass is 35.5. The summed E-state index contributed by atoms with van der Waals surface area (Å²) < 4.78 is 7.51. The van der Waals surface area contributed by atoms with Crippen LogP contribution in [0.2, 0.25) is 5.02 Å². The number of nitrogens with one attached hydrogen (secondary N) is 1. The van der Waals surface area contributed by atoms with Crippen LogP contribution < -0.4 is 5.32 Å². The van der Waals surface area contributed by atoms with Crippen molar-refractivity contribution in [3.05, 3.63) is 16.9 Å². The Morgan fingerprint density at radius 1 is 1.65 bits per heavy atom. The highest BCUT2D eigenvalue weighted by Crippen LogP contribution is 2.42. The minimum absolute atomic E-state index is 0.0290. The molecule has 1 N–H and O–H groups in total. The Morgan fingerprint density at radius 2 is 2.35 bits per heavy atom. The molecule has 5 heteroatoms. The van der Waals surface area contributed by atoms with E-state index in [0.29, 0.717) is 0 Å². The maximum Gasteiger partial charge on any atom is 0.0834 e. The van der Waals surface area contributed by atoms with E-state index in [1.54, 1.807) is 13.3 Å². The molecule has 0 spiro atoms. The van der Waals surface area contributed by atoms with Gasteiger partial charge in [0.05, 0.1) is 28.6 Å². The first-order valence-electron chi connectivity index (χ1n) is 6.02. The largest absolute Gasteiger partial charge is 0.378 e. The lowest BCUT2D eigenvalue weighted by Crippen LogP contribution is -2.42. The molecule has 1 unspecified atom stereocenters. The number of hydrogen-bond acceptors (Lipinski definition) is 3. The molecule has 0 radical (unpaired) electrons. The Labute approximate surface area is 107 Å². The molecule has 1 aromatic rings. The molecule has 1 saturated carbocycles. The molecule has 1 atom stereocenters. The van der Waals surface area contributed by atoms with Crippen molar-refractivity contribution in [2.75, 3.05) is 14.2 Å². The van der Waals surface area contributed by atoms with Crippen molar-refractivity contribution in [2.24, 2.45) is 7.05 Å². The van der Waals surface area contributed by atoms with Crippen LogP contribution in [0, 0.1) is 0 Å². The second kappa shape index (κ2) is 4.96. The van der Waals surface area contributed by atoms with Crippen molar-refractivity contribution in [1.82, 2.24) is 15.1 Å². The van der Waals surface area contributed by atoms with Gasteiger partial charge in [-0.3, -0.25) is 4.68 Å². The Bertz CT molecular complexity index is 362. The Kier molecular flexibility index (Phi) is 3.76. The van der Waals surface area contributed by atoms with Gasteiger partial charge >= 0.3 is 0 Å². The molecule has 1 aromatic heterocycles. The predicted molar refractivity (Wildman–Crippen MR) is 68.2 cm³/mol. The van der Waals surface area contributed by atoms with Crippen LogP contribution in [0.4, 0.5) is 0 Å². The van der Waals surface area contributed by atoms with E-state index in [1.807, 2.05) is 18.8 Å². The van der Waals surface area contributed by atoms with Crippen molar-refractivity contribution < 1.29 is 4.74 Å². The lowest BCUT2D eigenvalue weighted by molar-refractivity contribution is -0.0838. The van der Waals surface area contributed by atoms with Gasteiger partial charge in [-0.2, -0.15) is 5.10 Å². The molecule has 96 valence electrons. The zero-order valence-corrected chi connectivity index (χ0v) is 11.4. The Morgan fingerprint density at radius 3 is 2.71 bits per heavy atom. The van der Waals surface area contributed by atoms with Crippen molar-refractivity contribution in [3.63, 3.8) is 0 Å². The third-order valence-electron chi connectivity index (χ3n) is 3.89. The van der Waals surface area contributed by atoms with Gasteiger partial charge in [0.15, 0.2) is 0 Å². The first-order chi connectivity index (χ1) is 8.12. The van der Waals surface area contributed by atoms with E-state index in [4.69, 9.17) is 16.3 Å². The van der Waals surface area contributed by atoms with E-state index in [9.17, 15) is 0 Å². The average Bonchev–Trinajstić information content (AvgIpc) is 2.60. The van der Waals surface area contributed by atoms with Crippen molar-refractivity contribution in [2.45, 2.75) is 37.3 Å². The van der Waals surface area contributed by atoms with Crippen LogP contribution in [0.5, 0.6) is 0 Å². The topological polar surface area (TPSA) is 39.1 Å². The number of aromatic nitrogens is 2. The summed E-state index contributed by atoms with van der Waals surface area (Å²) in [4.78, 5) is 0. The van der Waals surface area contributed by atoms with Crippen LogP contribution in [-0.4, -0.2) is 29.5 Å². The summed E-state index contributed by atoms with van der Waals surface area (Å²) in [5.74, 6) is 0. The smallest absolute Gasteiger partial charge is 0.0834 e. The van der Waals surface area contributed by atoms with Gasteiger partial charge in [-0.25, -0.2) is 0 Å². The van der Waals surface area contributed by atoms with Crippen LogP contribution in [0.3, 0.4) is 0 Å². The average molecular weight is 258 g/mol. The fourth-order valence-electron chi connectivity index (χ4n) is 2.58. The van der Waals surface area contributed by atoms with Gasteiger partial charge < -0.3 is 10.1 Å². The van der Waals surface area contributed by atoms with Gasteiger partial charge in [-0.1, -0.05) is 11.6 Å². The summed E-state index contributed by atoms with van der Waals surface area (Å²) in [6.45, 7) is 0. The number of ether oxygens (including phenoxy) is 1. The Hall–Kier alpha value is -0.580. The van der Waals surface area contributed by atoms with Gasteiger partial charge in [0, 0.05) is 14.2 Å². The number of halogens is 1. The van der Waals surface area contributed by atoms with Gasteiger partial charge in [-0.15, -0.1) is 0 Å². The summed E-state index contributed by atoms with van der Waals surface area (Å²) in [7, 11) is 5.68. The van der Waals surface area contributed by atoms with Gasteiger partial charge in [0.2, 0.25) is 0 Å². The molecule has 1 fully saturated rings. The van der Waals surface area contributed by atoms with E-state index in [-0.39, 0.29) is 11.6 Å². The molecule has 1 aliphatic rings. The standard InChI is InChI=1S/C12H20ClN3O/c1-14-10(7-12(17-3)5-4-6-12)11-9(13)8-15-16(11)2/h8,10,14H,4-7H2,1-3H3.